The second-order valence-corrected chi connectivity index (χ2v) is 8.87. The van der Waals surface area contributed by atoms with Gasteiger partial charge in [-0.15, -0.1) is 0 Å². The van der Waals surface area contributed by atoms with Crippen molar-refractivity contribution in [3.8, 4) is 11.5 Å². The first-order chi connectivity index (χ1) is 14.4. The van der Waals surface area contributed by atoms with E-state index in [-0.39, 0.29) is 5.60 Å². The highest BCUT2D eigenvalue weighted by molar-refractivity contribution is 6.31. The summed E-state index contributed by atoms with van der Waals surface area (Å²) in [5, 5.41) is 22.0. The van der Waals surface area contributed by atoms with Crippen molar-refractivity contribution in [3.05, 3.63) is 58.1 Å². The van der Waals surface area contributed by atoms with Gasteiger partial charge >= 0.3 is 0 Å². The molecule has 2 aromatic carbocycles. The van der Waals surface area contributed by atoms with Crippen LogP contribution in [0, 0.1) is 6.92 Å². The molecule has 5 nitrogen and oxygen atoms in total. The van der Waals surface area contributed by atoms with Crippen LogP contribution in [0.5, 0.6) is 11.5 Å². The number of benzene rings is 2. The minimum absolute atomic E-state index is 0.354. The molecule has 0 unspecified atom stereocenters. The molecule has 0 aliphatic carbocycles. The van der Waals surface area contributed by atoms with Gasteiger partial charge in [-0.25, -0.2) is 0 Å². The second kappa shape index (κ2) is 8.75. The Hall–Kier alpha value is -1.79. The smallest absolute Gasteiger partial charge is 0.126 e. The van der Waals surface area contributed by atoms with E-state index >= 15 is 0 Å². The fraction of sp³-hybridized carbons (Fsp3) is 0.500. The monoisotopic (exact) mass is 431 g/mol. The molecule has 4 rings (SSSR count). The molecule has 2 aliphatic rings. The Kier molecular flexibility index (Phi) is 6.26. The van der Waals surface area contributed by atoms with Gasteiger partial charge in [0.25, 0.3) is 0 Å². The summed E-state index contributed by atoms with van der Waals surface area (Å²) < 4.78 is 11.9. The lowest BCUT2D eigenvalue weighted by Crippen LogP contribution is -2.51. The molecule has 2 aromatic rings. The van der Waals surface area contributed by atoms with E-state index in [1.54, 1.807) is 0 Å². The van der Waals surface area contributed by atoms with E-state index in [2.05, 4.69) is 4.90 Å². The number of β-amino-alcohol motifs (C(OH)–C–C–N with tert-alkyl or cyclic N) is 1. The highest BCUT2D eigenvalue weighted by atomic mass is 35.5. The number of fused-ring (bicyclic) bond motifs is 1. The van der Waals surface area contributed by atoms with E-state index in [1.807, 2.05) is 50.2 Å². The van der Waals surface area contributed by atoms with Gasteiger partial charge in [-0.05, 0) is 62.1 Å². The van der Waals surface area contributed by atoms with E-state index in [4.69, 9.17) is 21.1 Å². The Labute approximate surface area is 183 Å². The molecule has 30 heavy (non-hydrogen) atoms. The normalized spacial score (nSPS) is 21.7. The lowest BCUT2D eigenvalue weighted by atomic mass is 9.81. The first-order valence-corrected chi connectivity index (χ1v) is 11.1. The van der Waals surface area contributed by atoms with Gasteiger partial charge < -0.3 is 24.6 Å². The fourth-order valence-corrected chi connectivity index (χ4v) is 4.68. The molecule has 2 heterocycles. The van der Waals surface area contributed by atoms with Gasteiger partial charge in [0.1, 0.15) is 17.1 Å². The average Bonchev–Trinajstić information content (AvgIpc) is 2.72. The molecule has 0 aromatic heterocycles. The van der Waals surface area contributed by atoms with Crippen LogP contribution < -0.4 is 9.47 Å². The van der Waals surface area contributed by atoms with Gasteiger partial charge in [0.2, 0.25) is 0 Å². The number of ether oxygens (including phenoxy) is 2. The summed E-state index contributed by atoms with van der Waals surface area (Å²) in [5.41, 5.74) is 2.28. The summed E-state index contributed by atoms with van der Waals surface area (Å²) in [4.78, 5) is 2.27. The first-order valence-electron chi connectivity index (χ1n) is 10.7. The molecule has 6 heteroatoms. The van der Waals surface area contributed by atoms with Gasteiger partial charge in [0, 0.05) is 36.6 Å². The van der Waals surface area contributed by atoms with Crippen LogP contribution in [0.1, 0.15) is 55.1 Å². The molecule has 162 valence electrons. The number of hydrogen-bond donors (Lipinski definition) is 2. The highest BCUT2D eigenvalue weighted by Gasteiger charge is 2.43. The predicted octanol–water partition coefficient (Wildman–Crippen LogP) is 4.43. The molecule has 0 bridgehead atoms. The van der Waals surface area contributed by atoms with Gasteiger partial charge in [-0.1, -0.05) is 23.7 Å². The third-order valence-corrected chi connectivity index (χ3v) is 6.72. The van der Waals surface area contributed by atoms with Crippen LogP contribution in [-0.4, -0.2) is 47.0 Å². The van der Waals surface area contributed by atoms with E-state index in [0.29, 0.717) is 24.6 Å². The molecular formula is C24H30ClNO4. The lowest BCUT2D eigenvalue weighted by molar-refractivity contribution is -0.0588. The van der Waals surface area contributed by atoms with Gasteiger partial charge in [-0.3, -0.25) is 0 Å². The molecule has 0 radical (unpaired) electrons. The first kappa shape index (κ1) is 21.4. The zero-order chi connectivity index (χ0) is 21.3. The third kappa shape index (κ3) is 4.45. The van der Waals surface area contributed by atoms with E-state index in [0.717, 1.165) is 54.1 Å². The molecule has 1 saturated heterocycles. The number of aliphatic hydroxyl groups excluding tert-OH is 2. The van der Waals surface area contributed by atoms with Crippen molar-refractivity contribution in [2.24, 2.45) is 0 Å². The van der Waals surface area contributed by atoms with Crippen LogP contribution in [0.25, 0.3) is 0 Å². The lowest BCUT2D eigenvalue weighted by Gasteiger charge is -2.46. The van der Waals surface area contributed by atoms with Crippen LogP contribution in [0.15, 0.2) is 36.4 Å². The van der Waals surface area contributed by atoms with Crippen molar-refractivity contribution in [1.29, 1.82) is 0 Å². The van der Waals surface area contributed by atoms with Crippen LogP contribution in [0.2, 0.25) is 5.02 Å². The molecule has 2 atom stereocenters. The van der Waals surface area contributed by atoms with Crippen molar-refractivity contribution < 1.29 is 19.7 Å². The summed E-state index contributed by atoms with van der Waals surface area (Å²) in [6, 6.07) is 11.4. The standard InChI is InChI=1S/C24H30ClNO4/c1-3-29-18-6-4-17(5-7-18)22(28)15-26-10-8-24(9-11-26)14-21(27)19-13-20(25)16(2)12-23(19)30-24/h4-7,12-13,21-22,27-28H,3,8-11,14-15H2,1-2H3/t21-,22-/m0/s1. The molecule has 0 amide bonds. The Morgan fingerprint density at radius 3 is 2.60 bits per heavy atom. The van der Waals surface area contributed by atoms with E-state index < -0.39 is 12.2 Å². The quantitative estimate of drug-likeness (QED) is 0.733. The van der Waals surface area contributed by atoms with Gasteiger partial charge in [0.15, 0.2) is 0 Å². The minimum Gasteiger partial charge on any atom is -0.494 e. The van der Waals surface area contributed by atoms with Crippen LogP contribution >= 0.6 is 11.6 Å². The Balaban J connectivity index is 1.37. The largest absolute Gasteiger partial charge is 0.494 e. The molecule has 0 saturated carbocycles. The summed E-state index contributed by atoms with van der Waals surface area (Å²) in [5.74, 6) is 1.57. The SMILES string of the molecule is CCOc1ccc([C@@H](O)CN2CCC3(CC2)C[C@H](O)c2cc(Cl)c(C)cc2O3)cc1. The molecule has 2 aliphatic heterocycles. The van der Waals surface area contributed by atoms with Gasteiger partial charge in [-0.2, -0.15) is 0 Å². The van der Waals surface area contributed by atoms with E-state index in [9.17, 15) is 10.2 Å². The molecule has 2 N–H and O–H groups in total. The van der Waals surface area contributed by atoms with Crippen molar-refractivity contribution in [2.75, 3.05) is 26.2 Å². The number of likely N-dealkylation sites (tertiary alicyclic amines) is 1. The number of aryl methyl sites for hydroxylation is 1. The zero-order valence-corrected chi connectivity index (χ0v) is 18.4. The van der Waals surface area contributed by atoms with Crippen molar-refractivity contribution in [3.63, 3.8) is 0 Å². The molecule has 1 spiro atoms. The van der Waals surface area contributed by atoms with Crippen LogP contribution in [0.3, 0.4) is 0 Å². The van der Waals surface area contributed by atoms with E-state index in [1.165, 1.54) is 0 Å². The second-order valence-electron chi connectivity index (χ2n) is 8.46. The number of halogens is 1. The molecule has 1 fully saturated rings. The van der Waals surface area contributed by atoms with Gasteiger partial charge in [0.05, 0.1) is 18.8 Å². The maximum absolute atomic E-state index is 10.7. The molecular weight excluding hydrogens is 402 g/mol. The number of nitrogens with zero attached hydrogens (tertiary/aromatic N) is 1. The third-order valence-electron chi connectivity index (χ3n) is 6.32. The van der Waals surface area contributed by atoms with Crippen LogP contribution in [0.4, 0.5) is 0 Å². The number of hydrogen-bond acceptors (Lipinski definition) is 5. The summed E-state index contributed by atoms with van der Waals surface area (Å²) in [6.45, 7) is 6.76. The number of piperidine rings is 1. The Morgan fingerprint density at radius 1 is 1.23 bits per heavy atom. The summed E-state index contributed by atoms with van der Waals surface area (Å²) in [7, 11) is 0. The summed E-state index contributed by atoms with van der Waals surface area (Å²) >= 11 is 6.23. The summed E-state index contributed by atoms with van der Waals surface area (Å²) in [6.07, 6.45) is 1.11. The zero-order valence-electron chi connectivity index (χ0n) is 17.6. The highest BCUT2D eigenvalue weighted by Crippen LogP contribution is 2.45. The fourth-order valence-electron chi connectivity index (χ4n) is 4.51. The van der Waals surface area contributed by atoms with Crippen molar-refractivity contribution in [2.45, 2.75) is 50.9 Å². The van der Waals surface area contributed by atoms with Crippen molar-refractivity contribution in [1.82, 2.24) is 4.90 Å². The van der Waals surface area contributed by atoms with Crippen LogP contribution in [-0.2, 0) is 0 Å². The number of rotatable bonds is 5. The van der Waals surface area contributed by atoms with Crippen molar-refractivity contribution >= 4 is 11.6 Å². The number of aliphatic hydroxyl groups is 2. The average molecular weight is 432 g/mol. The predicted molar refractivity (Wildman–Crippen MR) is 117 cm³/mol. The maximum atomic E-state index is 10.7. The maximum Gasteiger partial charge on any atom is 0.126 e. The Bertz CT molecular complexity index is 878. The minimum atomic E-state index is -0.562. The topological polar surface area (TPSA) is 62.2 Å². The Morgan fingerprint density at radius 2 is 1.93 bits per heavy atom.